The molecule has 4 atom stereocenters. The molecule has 4 N–H and O–H groups in total. The topological polar surface area (TPSA) is 200 Å². The first-order chi connectivity index (χ1) is 24.1. The van der Waals surface area contributed by atoms with E-state index in [9.17, 15) is 14.8 Å². The van der Waals surface area contributed by atoms with Gasteiger partial charge in [-0.25, -0.2) is 4.68 Å². The number of aliphatic hydroxyl groups is 2. The van der Waals surface area contributed by atoms with E-state index in [0.29, 0.717) is 82.8 Å². The average molecular weight is 758 g/mol. The largest absolute Gasteiger partial charge is 0.491 e. The van der Waals surface area contributed by atoms with E-state index in [1.54, 1.807) is 6.20 Å². The van der Waals surface area contributed by atoms with Gasteiger partial charge in [0, 0.05) is 24.8 Å². The van der Waals surface area contributed by atoms with Gasteiger partial charge < -0.3 is 53.3 Å². The minimum atomic E-state index is -4.22. The van der Waals surface area contributed by atoms with Gasteiger partial charge in [-0.2, -0.15) is 15.1 Å². The molecule has 3 aromatic rings. The normalized spacial score (nSPS) is 21.1. The summed E-state index contributed by atoms with van der Waals surface area (Å²) >= 11 is 7.24. The Morgan fingerprint density at radius 2 is 1.60 bits per heavy atom. The van der Waals surface area contributed by atoms with Gasteiger partial charge in [-0.05, 0) is 29.3 Å². The second kappa shape index (κ2) is 18.8. The van der Waals surface area contributed by atoms with Crippen molar-refractivity contribution in [3.05, 3.63) is 41.3 Å². The number of fused-ring (bicyclic) bond motifs is 1. The zero-order valence-electron chi connectivity index (χ0n) is 27.2. The molecule has 16 nitrogen and oxygen atoms in total. The summed E-state index contributed by atoms with van der Waals surface area (Å²) in [5.74, 6) is 4.04. The van der Waals surface area contributed by atoms with Crippen LogP contribution in [0.15, 0.2) is 30.5 Å². The maximum atomic E-state index is 11.2. The van der Waals surface area contributed by atoms with Crippen molar-refractivity contribution < 1.29 is 53.0 Å². The summed E-state index contributed by atoms with van der Waals surface area (Å²) in [6, 6.07) is 7.94. The molecule has 5 rings (SSSR count). The van der Waals surface area contributed by atoms with Gasteiger partial charge in [0.1, 0.15) is 37.0 Å². The Morgan fingerprint density at radius 1 is 0.960 bits per heavy atom. The van der Waals surface area contributed by atoms with Crippen molar-refractivity contribution in [3.8, 4) is 18.1 Å². The van der Waals surface area contributed by atoms with E-state index < -0.39 is 37.6 Å². The minimum absolute atomic E-state index is 0.0124. The van der Waals surface area contributed by atoms with Crippen molar-refractivity contribution in [2.75, 3.05) is 88.7 Å². The highest BCUT2D eigenvalue weighted by Gasteiger charge is 2.45. The van der Waals surface area contributed by atoms with Crippen molar-refractivity contribution >= 4 is 47.8 Å². The SMILES string of the molecule is C#CCOCCOCCOCCOCCOc1ccc(C2CN(c3nc(Cl)nc4c3cnn4[C@@H]3O[C@H](CSCP(=O)(O)O)[C@@H](O)[C@H]3O)C2)cc1. The number of hydrogen-bond donors (Lipinski definition) is 4. The molecule has 2 saturated heterocycles. The molecule has 0 bridgehead atoms. The van der Waals surface area contributed by atoms with E-state index in [2.05, 4.69) is 25.9 Å². The summed E-state index contributed by atoms with van der Waals surface area (Å²) in [5.41, 5.74) is 1.05. The molecule has 2 aliphatic heterocycles. The Labute approximate surface area is 298 Å². The lowest BCUT2D eigenvalue weighted by Gasteiger charge is -2.40. The first-order valence-corrected chi connectivity index (χ1v) is 19.2. The van der Waals surface area contributed by atoms with Gasteiger partial charge in [-0.3, -0.25) is 4.57 Å². The number of halogens is 1. The van der Waals surface area contributed by atoms with Gasteiger partial charge in [0.05, 0.1) is 69.4 Å². The number of anilines is 1. The van der Waals surface area contributed by atoms with Crippen LogP contribution < -0.4 is 9.64 Å². The molecule has 19 heteroatoms. The molecule has 0 spiro atoms. The number of ether oxygens (including phenoxy) is 6. The summed E-state index contributed by atoms with van der Waals surface area (Å²) in [4.78, 5) is 29.1. The lowest BCUT2D eigenvalue weighted by molar-refractivity contribution is -0.0361. The third-order valence-electron chi connectivity index (χ3n) is 7.86. The van der Waals surface area contributed by atoms with E-state index in [-0.39, 0.29) is 23.6 Å². The molecule has 2 aromatic heterocycles. The van der Waals surface area contributed by atoms with Crippen LogP contribution in [0.5, 0.6) is 5.75 Å². The quantitative estimate of drug-likeness (QED) is 0.0529. The Balaban J connectivity index is 1.04. The lowest BCUT2D eigenvalue weighted by Crippen LogP contribution is -2.45. The van der Waals surface area contributed by atoms with E-state index in [1.807, 2.05) is 24.3 Å². The minimum Gasteiger partial charge on any atom is -0.491 e. The van der Waals surface area contributed by atoms with Crippen molar-refractivity contribution in [2.45, 2.75) is 30.5 Å². The Hall–Kier alpha value is -2.56. The van der Waals surface area contributed by atoms with Gasteiger partial charge in [-0.15, -0.1) is 18.2 Å². The molecule has 2 fully saturated rings. The molecule has 50 heavy (non-hydrogen) atoms. The third kappa shape index (κ3) is 10.7. The molecule has 2 aliphatic rings. The van der Waals surface area contributed by atoms with Crippen LogP contribution in [-0.4, -0.2) is 142 Å². The van der Waals surface area contributed by atoms with E-state index in [1.165, 1.54) is 4.68 Å². The number of hydrogen-bond acceptors (Lipinski definition) is 14. The second-order valence-corrected chi connectivity index (χ2v) is 14.9. The molecule has 0 amide bonds. The van der Waals surface area contributed by atoms with Gasteiger partial charge >= 0.3 is 7.60 Å². The van der Waals surface area contributed by atoms with Crippen molar-refractivity contribution in [1.29, 1.82) is 0 Å². The second-order valence-electron chi connectivity index (χ2n) is 11.5. The lowest BCUT2D eigenvalue weighted by atomic mass is 9.91. The first-order valence-electron chi connectivity index (χ1n) is 15.9. The number of terminal acetylenes is 1. The molecule has 0 aliphatic carbocycles. The summed E-state index contributed by atoms with van der Waals surface area (Å²) < 4.78 is 45.7. The van der Waals surface area contributed by atoms with Crippen LogP contribution in [-0.2, 0) is 28.2 Å². The molecule has 4 heterocycles. The number of thioether (sulfide) groups is 1. The summed E-state index contributed by atoms with van der Waals surface area (Å²) in [6.07, 6.45) is 2.07. The molecular weight excluding hydrogens is 717 g/mol. The van der Waals surface area contributed by atoms with Crippen molar-refractivity contribution in [2.24, 2.45) is 0 Å². The maximum absolute atomic E-state index is 11.2. The van der Waals surface area contributed by atoms with E-state index in [4.69, 9.17) is 56.2 Å². The maximum Gasteiger partial charge on any atom is 0.335 e. The van der Waals surface area contributed by atoms with Crippen molar-refractivity contribution in [3.63, 3.8) is 0 Å². The summed E-state index contributed by atoms with van der Waals surface area (Å²) in [6.45, 7) is 5.30. The molecular formula is C31H41ClN5O11PS. The number of rotatable bonds is 21. The fourth-order valence-corrected chi connectivity index (χ4v) is 7.42. The molecule has 0 radical (unpaired) electrons. The Kier molecular flexibility index (Phi) is 14.5. The van der Waals surface area contributed by atoms with Gasteiger partial charge in [0.2, 0.25) is 5.28 Å². The van der Waals surface area contributed by atoms with Crippen LogP contribution in [0.1, 0.15) is 17.7 Å². The molecule has 274 valence electrons. The zero-order valence-corrected chi connectivity index (χ0v) is 29.6. The Bertz CT molecular complexity index is 1600. The summed E-state index contributed by atoms with van der Waals surface area (Å²) in [5, 5.41) is 26.2. The number of benzene rings is 1. The molecule has 0 unspecified atom stereocenters. The summed E-state index contributed by atoms with van der Waals surface area (Å²) in [7, 11) is -4.22. The molecule has 1 aromatic carbocycles. The van der Waals surface area contributed by atoms with Gasteiger partial charge in [0.25, 0.3) is 0 Å². The Morgan fingerprint density at radius 3 is 2.24 bits per heavy atom. The third-order valence-corrected chi connectivity index (χ3v) is 10.7. The van der Waals surface area contributed by atoms with Gasteiger partial charge in [0.15, 0.2) is 11.9 Å². The fraction of sp³-hybridized carbons (Fsp3) is 0.581. The van der Waals surface area contributed by atoms with Crippen molar-refractivity contribution in [1.82, 2.24) is 19.7 Å². The van der Waals surface area contributed by atoms with E-state index in [0.717, 1.165) is 23.1 Å². The van der Waals surface area contributed by atoms with Gasteiger partial charge in [-0.1, -0.05) is 18.1 Å². The predicted molar refractivity (Wildman–Crippen MR) is 185 cm³/mol. The highest BCUT2D eigenvalue weighted by atomic mass is 35.5. The highest BCUT2D eigenvalue weighted by Crippen LogP contribution is 2.41. The van der Waals surface area contributed by atoms with Crippen LogP contribution in [0.4, 0.5) is 5.82 Å². The monoisotopic (exact) mass is 757 g/mol. The number of aromatic nitrogens is 4. The highest BCUT2D eigenvalue weighted by molar-refractivity contribution is 8.04. The average Bonchev–Trinajstić information content (AvgIpc) is 3.60. The van der Waals surface area contributed by atoms with Crippen LogP contribution in [0, 0.1) is 12.3 Å². The van der Waals surface area contributed by atoms with Crippen LogP contribution in [0.25, 0.3) is 11.0 Å². The van der Waals surface area contributed by atoms with E-state index >= 15 is 0 Å². The number of aliphatic hydroxyl groups excluding tert-OH is 2. The standard InChI is InChI=1S/C31H41ClN5O11PS/c1-2-7-43-8-9-44-10-11-45-12-13-46-14-15-47-23-5-3-21(4-6-23)22-17-36(18-22)28-24-16-33-37(29(24)35-31(32)34-28)30-27(39)26(38)25(48-30)19-50-20-49(40,41)42/h1,3-6,16,22,25-27,30,38-39H,7-15,17-20H2,(H2,40,41,42)/t25-,26-,27-,30-/m1/s1. The van der Waals surface area contributed by atoms with Crippen LogP contribution in [0.3, 0.4) is 0 Å². The smallest absolute Gasteiger partial charge is 0.335 e. The molecule has 0 saturated carbocycles. The van der Waals surface area contributed by atoms with Crippen LogP contribution >= 0.6 is 31.0 Å². The fourth-order valence-electron chi connectivity index (χ4n) is 5.38. The first kappa shape index (κ1) is 38.7. The van der Waals surface area contributed by atoms with Crippen LogP contribution in [0.2, 0.25) is 5.28 Å². The zero-order chi connectivity index (χ0) is 35.5. The number of nitrogens with zero attached hydrogens (tertiary/aromatic N) is 5. The predicted octanol–water partition coefficient (Wildman–Crippen LogP) is 1.65.